The summed E-state index contributed by atoms with van der Waals surface area (Å²) in [6.45, 7) is 0. The third-order valence-electron chi connectivity index (χ3n) is 2.95. The van der Waals surface area contributed by atoms with Crippen molar-refractivity contribution < 1.29 is 14.7 Å². The molecular formula is C10H17NO3. The van der Waals surface area contributed by atoms with Gasteiger partial charge < -0.3 is 10.8 Å². The minimum absolute atomic E-state index is 0.459. The molecule has 0 radical (unpaired) electrons. The van der Waals surface area contributed by atoms with Crippen molar-refractivity contribution in [2.75, 3.05) is 0 Å². The summed E-state index contributed by atoms with van der Waals surface area (Å²) < 4.78 is 0. The molecule has 1 saturated carbocycles. The largest absolute Gasteiger partial charge is 0.481 e. The summed E-state index contributed by atoms with van der Waals surface area (Å²) in [5.74, 6) is -2.37. The van der Waals surface area contributed by atoms with Crippen LogP contribution in [0.2, 0.25) is 0 Å². The number of primary amides is 1. The maximum absolute atomic E-state index is 11.1. The molecule has 0 bridgehead atoms. The molecule has 14 heavy (non-hydrogen) atoms. The Morgan fingerprint density at radius 2 is 1.50 bits per heavy atom. The molecule has 1 amide bonds. The van der Waals surface area contributed by atoms with Gasteiger partial charge in [0.15, 0.2) is 0 Å². The number of rotatable bonds is 2. The van der Waals surface area contributed by atoms with Crippen molar-refractivity contribution in [2.45, 2.75) is 38.5 Å². The molecule has 0 aromatic carbocycles. The Morgan fingerprint density at radius 3 is 1.93 bits per heavy atom. The first-order valence-corrected chi connectivity index (χ1v) is 5.15. The normalized spacial score (nSPS) is 28.9. The molecule has 0 aromatic heterocycles. The molecule has 0 saturated heterocycles. The van der Waals surface area contributed by atoms with Crippen molar-refractivity contribution in [3.05, 3.63) is 0 Å². The van der Waals surface area contributed by atoms with E-state index < -0.39 is 23.7 Å². The molecule has 0 spiro atoms. The first kappa shape index (κ1) is 11.0. The lowest BCUT2D eigenvalue weighted by molar-refractivity contribution is -0.147. The summed E-state index contributed by atoms with van der Waals surface area (Å²) >= 11 is 0. The average Bonchev–Trinajstić information content (AvgIpc) is 2.01. The molecule has 4 nitrogen and oxygen atoms in total. The molecule has 0 aromatic rings. The van der Waals surface area contributed by atoms with Gasteiger partial charge in [-0.2, -0.15) is 0 Å². The number of hydrogen-bond donors (Lipinski definition) is 2. The van der Waals surface area contributed by atoms with Crippen LogP contribution in [-0.4, -0.2) is 17.0 Å². The molecule has 0 aliphatic heterocycles. The van der Waals surface area contributed by atoms with Crippen LogP contribution >= 0.6 is 0 Å². The molecule has 0 heterocycles. The van der Waals surface area contributed by atoms with E-state index in [1.807, 2.05) is 0 Å². The van der Waals surface area contributed by atoms with E-state index in [-0.39, 0.29) is 0 Å². The third kappa shape index (κ3) is 2.72. The van der Waals surface area contributed by atoms with Gasteiger partial charge in [0, 0.05) is 0 Å². The Morgan fingerprint density at radius 1 is 1.00 bits per heavy atom. The molecular weight excluding hydrogens is 182 g/mol. The fraction of sp³-hybridized carbons (Fsp3) is 0.800. The van der Waals surface area contributed by atoms with Gasteiger partial charge in [0.1, 0.15) is 0 Å². The number of amides is 1. The highest BCUT2D eigenvalue weighted by molar-refractivity contribution is 5.83. The number of carbonyl (C=O) groups is 2. The van der Waals surface area contributed by atoms with Gasteiger partial charge in [-0.15, -0.1) is 0 Å². The SMILES string of the molecule is NC(=O)C1CCCCCCC1C(=O)O. The number of carboxylic acid groups (broad SMARTS) is 1. The van der Waals surface area contributed by atoms with E-state index in [9.17, 15) is 9.59 Å². The standard InChI is InChI=1S/C10H17NO3/c11-9(12)7-5-3-1-2-4-6-8(7)10(13)14/h7-8H,1-6H2,(H2,11,12)(H,13,14). The third-order valence-corrected chi connectivity index (χ3v) is 2.95. The van der Waals surface area contributed by atoms with Crippen molar-refractivity contribution in [1.82, 2.24) is 0 Å². The molecule has 4 heteroatoms. The Balaban J connectivity index is 2.70. The lowest BCUT2D eigenvalue weighted by atomic mass is 9.81. The lowest BCUT2D eigenvalue weighted by Gasteiger charge is -2.23. The van der Waals surface area contributed by atoms with E-state index in [0.29, 0.717) is 12.8 Å². The van der Waals surface area contributed by atoms with Gasteiger partial charge in [-0.1, -0.05) is 25.7 Å². The van der Waals surface area contributed by atoms with E-state index >= 15 is 0 Å². The van der Waals surface area contributed by atoms with Crippen LogP contribution in [0, 0.1) is 11.8 Å². The zero-order valence-electron chi connectivity index (χ0n) is 8.24. The maximum Gasteiger partial charge on any atom is 0.307 e. The lowest BCUT2D eigenvalue weighted by Crippen LogP contribution is -2.35. The van der Waals surface area contributed by atoms with Crippen LogP contribution in [0.15, 0.2) is 0 Å². The highest BCUT2D eigenvalue weighted by atomic mass is 16.4. The van der Waals surface area contributed by atoms with E-state index in [2.05, 4.69) is 0 Å². The molecule has 1 rings (SSSR count). The van der Waals surface area contributed by atoms with E-state index in [1.165, 1.54) is 0 Å². The van der Waals surface area contributed by atoms with Crippen LogP contribution in [0.25, 0.3) is 0 Å². The highest BCUT2D eigenvalue weighted by Crippen LogP contribution is 2.27. The first-order chi connectivity index (χ1) is 6.63. The first-order valence-electron chi connectivity index (χ1n) is 5.15. The van der Waals surface area contributed by atoms with Gasteiger partial charge in [0.25, 0.3) is 0 Å². The minimum atomic E-state index is -0.879. The number of carboxylic acids is 1. The van der Waals surface area contributed by atoms with Crippen LogP contribution in [0.5, 0.6) is 0 Å². The van der Waals surface area contributed by atoms with E-state index in [1.54, 1.807) is 0 Å². The van der Waals surface area contributed by atoms with Gasteiger partial charge in [0.2, 0.25) is 5.91 Å². The van der Waals surface area contributed by atoms with Crippen molar-refractivity contribution >= 4 is 11.9 Å². The van der Waals surface area contributed by atoms with Crippen molar-refractivity contribution in [1.29, 1.82) is 0 Å². The monoisotopic (exact) mass is 199 g/mol. The second kappa shape index (κ2) is 4.98. The Labute approximate surface area is 83.5 Å². The Bertz CT molecular complexity index is 203. The highest BCUT2D eigenvalue weighted by Gasteiger charge is 2.32. The van der Waals surface area contributed by atoms with Crippen molar-refractivity contribution in [3.8, 4) is 0 Å². The number of nitrogens with two attached hydrogens (primary N) is 1. The van der Waals surface area contributed by atoms with Gasteiger partial charge >= 0.3 is 5.97 Å². The van der Waals surface area contributed by atoms with Crippen molar-refractivity contribution in [2.24, 2.45) is 17.6 Å². The fourth-order valence-electron chi connectivity index (χ4n) is 2.12. The van der Waals surface area contributed by atoms with E-state index in [0.717, 1.165) is 25.7 Å². The zero-order chi connectivity index (χ0) is 10.6. The molecule has 3 N–H and O–H groups in total. The van der Waals surface area contributed by atoms with Crippen LogP contribution in [0.1, 0.15) is 38.5 Å². The fourth-order valence-corrected chi connectivity index (χ4v) is 2.12. The molecule has 80 valence electrons. The summed E-state index contributed by atoms with van der Waals surface area (Å²) in [7, 11) is 0. The number of carbonyl (C=O) groups excluding carboxylic acids is 1. The minimum Gasteiger partial charge on any atom is -0.481 e. The van der Waals surface area contributed by atoms with E-state index in [4.69, 9.17) is 10.8 Å². The second-order valence-electron chi connectivity index (χ2n) is 3.95. The number of aliphatic carboxylic acids is 1. The van der Waals surface area contributed by atoms with Crippen LogP contribution in [0.4, 0.5) is 0 Å². The average molecular weight is 199 g/mol. The van der Waals surface area contributed by atoms with Crippen LogP contribution < -0.4 is 5.73 Å². The molecule has 1 fully saturated rings. The zero-order valence-corrected chi connectivity index (χ0v) is 8.24. The quantitative estimate of drug-likeness (QED) is 0.699. The van der Waals surface area contributed by atoms with Gasteiger partial charge in [0.05, 0.1) is 11.8 Å². The molecule has 1 aliphatic carbocycles. The Kier molecular flexibility index (Phi) is 3.92. The summed E-state index contributed by atoms with van der Waals surface area (Å²) in [5, 5.41) is 8.97. The van der Waals surface area contributed by atoms with Gasteiger partial charge in [-0.05, 0) is 12.8 Å². The number of hydrogen-bond acceptors (Lipinski definition) is 2. The summed E-state index contributed by atoms with van der Waals surface area (Å²) in [4.78, 5) is 22.0. The van der Waals surface area contributed by atoms with Crippen LogP contribution in [-0.2, 0) is 9.59 Å². The Hall–Kier alpha value is -1.06. The van der Waals surface area contributed by atoms with Gasteiger partial charge in [-0.25, -0.2) is 0 Å². The van der Waals surface area contributed by atoms with Gasteiger partial charge in [-0.3, -0.25) is 9.59 Å². The second-order valence-corrected chi connectivity index (χ2v) is 3.95. The molecule has 2 atom stereocenters. The maximum atomic E-state index is 11.1. The topological polar surface area (TPSA) is 80.4 Å². The summed E-state index contributed by atoms with van der Waals surface area (Å²) in [6, 6.07) is 0. The van der Waals surface area contributed by atoms with Crippen LogP contribution in [0.3, 0.4) is 0 Å². The predicted octanol–water partition coefficient (Wildman–Crippen LogP) is 1.14. The summed E-state index contributed by atoms with van der Waals surface area (Å²) in [6.07, 6.45) is 5.17. The molecule has 1 aliphatic rings. The smallest absolute Gasteiger partial charge is 0.307 e. The predicted molar refractivity (Wildman–Crippen MR) is 51.5 cm³/mol. The summed E-state index contributed by atoms with van der Waals surface area (Å²) in [5.41, 5.74) is 5.21. The molecule has 2 unspecified atom stereocenters. The van der Waals surface area contributed by atoms with Crippen molar-refractivity contribution in [3.63, 3.8) is 0 Å².